The largest absolute Gasteiger partial charge is 0.503 e. The number of aliphatic hydroxyl groups is 1. The molecule has 1 aliphatic heterocycles. The number of halogens is 2. The van der Waals surface area contributed by atoms with E-state index in [1.807, 2.05) is 20.8 Å². The monoisotopic (exact) mass is 481 g/mol. The number of hydrogen-bond acceptors (Lipinski definition) is 6. The van der Waals surface area contributed by atoms with Crippen LogP contribution < -0.4 is 0 Å². The Morgan fingerprint density at radius 3 is 2.45 bits per heavy atom. The van der Waals surface area contributed by atoms with Gasteiger partial charge < -0.3 is 14.9 Å². The highest BCUT2D eigenvalue weighted by Crippen LogP contribution is 2.41. The van der Waals surface area contributed by atoms with Crippen LogP contribution in [0.25, 0.3) is 0 Å². The molecule has 31 heavy (non-hydrogen) atoms. The van der Waals surface area contributed by atoms with Crippen molar-refractivity contribution < 1.29 is 14.7 Å². The summed E-state index contributed by atoms with van der Waals surface area (Å²) >= 11 is 13.6. The number of aromatic nitrogens is 1. The van der Waals surface area contributed by atoms with Crippen molar-refractivity contribution in [1.82, 2.24) is 14.8 Å². The van der Waals surface area contributed by atoms with E-state index in [2.05, 4.69) is 9.88 Å². The Morgan fingerprint density at radius 1 is 1.23 bits per heavy atom. The van der Waals surface area contributed by atoms with Gasteiger partial charge in [0.2, 0.25) is 5.78 Å². The first-order chi connectivity index (χ1) is 14.7. The number of benzene rings is 1. The number of rotatable bonds is 8. The fourth-order valence-corrected chi connectivity index (χ4v) is 4.98. The molecule has 0 saturated heterocycles. The lowest BCUT2D eigenvalue weighted by molar-refractivity contribution is -0.129. The number of carbonyl (C=O) groups excluding carboxylic acids is 2. The van der Waals surface area contributed by atoms with Gasteiger partial charge in [0, 0.05) is 13.1 Å². The Bertz CT molecular complexity index is 1050. The summed E-state index contributed by atoms with van der Waals surface area (Å²) in [4.78, 5) is 35.0. The molecule has 2 aromatic rings. The molecule has 1 N–H and O–H groups in total. The number of aryl methyl sites for hydroxylation is 2. The van der Waals surface area contributed by atoms with E-state index in [1.54, 1.807) is 25.1 Å². The van der Waals surface area contributed by atoms with E-state index < -0.39 is 23.5 Å². The Kier molecular flexibility index (Phi) is 7.42. The number of ketones is 1. The van der Waals surface area contributed by atoms with Gasteiger partial charge in [-0.25, -0.2) is 4.98 Å². The summed E-state index contributed by atoms with van der Waals surface area (Å²) in [5.74, 6) is -1.48. The first-order valence-electron chi connectivity index (χ1n) is 10.1. The molecule has 3 rings (SSSR count). The molecule has 0 fully saturated rings. The third-order valence-electron chi connectivity index (χ3n) is 5.47. The Morgan fingerprint density at radius 2 is 1.90 bits per heavy atom. The molecule has 1 atom stereocenters. The molecule has 2 heterocycles. The first-order valence-corrected chi connectivity index (χ1v) is 11.7. The quantitative estimate of drug-likeness (QED) is 0.537. The van der Waals surface area contributed by atoms with E-state index in [0.717, 1.165) is 18.1 Å². The minimum Gasteiger partial charge on any atom is -0.503 e. The SMILES string of the molecule is CCN(CC)CCN1C(=O)C(O)=C(C(=O)c2sc(C)nc2C)C1c1ccc(Cl)c(Cl)c1. The molecule has 0 spiro atoms. The Hall–Kier alpha value is -1.93. The summed E-state index contributed by atoms with van der Waals surface area (Å²) in [6.07, 6.45) is 0. The van der Waals surface area contributed by atoms with E-state index >= 15 is 0 Å². The van der Waals surface area contributed by atoms with Crippen molar-refractivity contribution in [2.45, 2.75) is 33.7 Å². The lowest BCUT2D eigenvalue weighted by atomic mass is 9.95. The highest BCUT2D eigenvalue weighted by Gasteiger charge is 2.44. The van der Waals surface area contributed by atoms with Gasteiger partial charge in [-0.05, 0) is 44.6 Å². The normalized spacial score (nSPS) is 16.7. The van der Waals surface area contributed by atoms with E-state index in [4.69, 9.17) is 23.2 Å². The van der Waals surface area contributed by atoms with Crippen LogP contribution in [0.4, 0.5) is 0 Å². The smallest absolute Gasteiger partial charge is 0.290 e. The number of carbonyl (C=O) groups is 2. The van der Waals surface area contributed by atoms with Crippen LogP contribution in [-0.4, -0.2) is 57.8 Å². The minimum atomic E-state index is -0.757. The number of hydrogen-bond donors (Lipinski definition) is 1. The highest BCUT2D eigenvalue weighted by atomic mass is 35.5. The van der Waals surface area contributed by atoms with Gasteiger partial charge >= 0.3 is 0 Å². The molecule has 166 valence electrons. The van der Waals surface area contributed by atoms with Gasteiger partial charge in [0.1, 0.15) is 0 Å². The fraction of sp³-hybridized carbons (Fsp3) is 0.409. The molecule has 0 aliphatic carbocycles. The highest BCUT2D eigenvalue weighted by molar-refractivity contribution is 7.14. The van der Waals surface area contributed by atoms with Crippen LogP contribution in [0.3, 0.4) is 0 Å². The molecule has 0 saturated carbocycles. The third-order valence-corrected chi connectivity index (χ3v) is 7.28. The summed E-state index contributed by atoms with van der Waals surface area (Å²) in [5.41, 5.74) is 1.25. The molecular formula is C22H25Cl2N3O3S. The van der Waals surface area contributed by atoms with Crippen LogP contribution in [0, 0.1) is 13.8 Å². The molecule has 0 bridgehead atoms. The van der Waals surface area contributed by atoms with Crippen molar-refractivity contribution in [3.05, 3.63) is 60.7 Å². The predicted molar refractivity (Wildman–Crippen MR) is 124 cm³/mol. The second kappa shape index (κ2) is 9.69. The molecule has 0 radical (unpaired) electrons. The van der Waals surface area contributed by atoms with Gasteiger partial charge in [0.25, 0.3) is 5.91 Å². The van der Waals surface area contributed by atoms with Gasteiger partial charge in [0.05, 0.1) is 37.2 Å². The van der Waals surface area contributed by atoms with Gasteiger partial charge in [-0.15, -0.1) is 11.3 Å². The maximum absolute atomic E-state index is 13.5. The van der Waals surface area contributed by atoms with Gasteiger partial charge in [0.15, 0.2) is 5.76 Å². The average molecular weight is 482 g/mol. The average Bonchev–Trinajstić information content (AvgIpc) is 3.20. The number of amides is 1. The molecule has 1 unspecified atom stereocenters. The summed E-state index contributed by atoms with van der Waals surface area (Å²) in [6, 6.07) is 4.24. The molecule has 1 aromatic heterocycles. The number of likely N-dealkylation sites (N-methyl/N-ethyl adjacent to an activating group) is 1. The topological polar surface area (TPSA) is 73.7 Å². The van der Waals surface area contributed by atoms with Crippen LogP contribution in [0.2, 0.25) is 10.0 Å². The standard InChI is InChI=1S/C22H25Cl2N3O3S/c1-5-26(6-2)9-10-27-18(14-7-8-15(23)16(24)11-14)17(20(29)22(27)30)19(28)21-12(3)25-13(4)31-21/h7-8,11,18,29H,5-6,9-10H2,1-4H3. The van der Waals surface area contributed by atoms with Crippen molar-refractivity contribution in [3.8, 4) is 0 Å². The maximum Gasteiger partial charge on any atom is 0.290 e. The van der Waals surface area contributed by atoms with Crippen molar-refractivity contribution in [2.24, 2.45) is 0 Å². The molecule has 1 aromatic carbocycles. The van der Waals surface area contributed by atoms with Crippen LogP contribution in [-0.2, 0) is 4.79 Å². The lowest BCUT2D eigenvalue weighted by Crippen LogP contribution is -2.38. The molecular weight excluding hydrogens is 457 g/mol. The third kappa shape index (κ3) is 4.65. The maximum atomic E-state index is 13.5. The van der Waals surface area contributed by atoms with Crippen LogP contribution in [0.1, 0.15) is 45.8 Å². The molecule has 9 heteroatoms. The number of thiazole rings is 1. The summed E-state index contributed by atoms with van der Waals surface area (Å²) < 4.78 is 0. The van der Waals surface area contributed by atoms with Crippen molar-refractivity contribution >= 4 is 46.2 Å². The molecule has 1 amide bonds. The second-order valence-corrected chi connectivity index (χ2v) is 9.36. The second-order valence-electron chi connectivity index (χ2n) is 7.34. The number of Topliss-reactive ketones (excluding diaryl/α,β-unsaturated/α-hetero) is 1. The van der Waals surface area contributed by atoms with E-state index in [0.29, 0.717) is 39.3 Å². The van der Waals surface area contributed by atoms with Gasteiger partial charge in [-0.3, -0.25) is 9.59 Å². The number of aliphatic hydroxyl groups excluding tert-OH is 1. The van der Waals surface area contributed by atoms with E-state index in [-0.39, 0.29) is 5.57 Å². The first kappa shape index (κ1) is 23.7. The zero-order valence-electron chi connectivity index (χ0n) is 17.9. The van der Waals surface area contributed by atoms with Crippen LogP contribution >= 0.6 is 34.5 Å². The van der Waals surface area contributed by atoms with Crippen LogP contribution in [0.15, 0.2) is 29.5 Å². The number of nitrogens with zero attached hydrogens (tertiary/aromatic N) is 3. The summed E-state index contributed by atoms with van der Waals surface area (Å²) in [5, 5.41) is 12.2. The zero-order chi connectivity index (χ0) is 22.9. The summed E-state index contributed by atoms with van der Waals surface area (Å²) in [7, 11) is 0. The Labute approximate surface area is 196 Å². The molecule has 6 nitrogen and oxygen atoms in total. The van der Waals surface area contributed by atoms with Crippen LogP contribution in [0.5, 0.6) is 0 Å². The fourth-order valence-electron chi connectivity index (χ4n) is 3.80. The summed E-state index contributed by atoms with van der Waals surface area (Å²) in [6.45, 7) is 10.3. The molecule has 1 aliphatic rings. The van der Waals surface area contributed by atoms with E-state index in [1.165, 1.54) is 16.2 Å². The van der Waals surface area contributed by atoms with Gasteiger partial charge in [-0.1, -0.05) is 43.1 Å². The van der Waals surface area contributed by atoms with E-state index in [9.17, 15) is 14.7 Å². The minimum absolute atomic E-state index is 0.0506. The van der Waals surface area contributed by atoms with Crippen molar-refractivity contribution in [3.63, 3.8) is 0 Å². The Balaban J connectivity index is 2.07. The van der Waals surface area contributed by atoms with Crippen molar-refractivity contribution in [2.75, 3.05) is 26.2 Å². The predicted octanol–water partition coefficient (Wildman–Crippen LogP) is 4.99. The van der Waals surface area contributed by atoms with Gasteiger partial charge in [-0.2, -0.15) is 0 Å². The van der Waals surface area contributed by atoms with Crippen molar-refractivity contribution in [1.29, 1.82) is 0 Å². The lowest BCUT2D eigenvalue weighted by Gasteiger charge is -2.29. The zero-order valence-corrected chi connectivity index (χ0v) is 20.2.